The highest BCUT2D eigenvalue weighted by Gasteiger charge is 2.24. The van der Waals surface area contributed by atoms with Gasteiger partial charge in [0, 0.05) is 17.1 Å². The fourth-order valence-electron chi connectivity index (χ4n) is 3.36. The van der Waals surface area contributed by atoms with Crippen LogP contribution in [0.15, 0.2) is 41.8 Å². The van der Waals surface area contributed by atoms with Crippen LogP contribution in [0, 0.1) is 6.92 Å². The molecule has 0 aliphatic carbocycles. The molecule has 1 aliphatic heterocycles. The molecule has 5 nitrogen and oxygen atoms in total. The fraction of sp³-hybridized carbons (Fsp3) is 0.429. The number of hydrogen-bond acceptors (Lipinski definition) is 5. The summed E-state index contributed by atoms with van der Waals surface area (Å²) in [6, 6.07) is 12.2. The van der Waals surface area contributed by atoms with Gasteiger partial charge in [0.1, 0.15) is 0 Å². The van der Waals surface area contributed by atoms with Crippen LogP contribution < -0.4 is 10.6 Å². The Bertz CT molecular complexity index is 774. The number of rotatable bonds is 9. The Labute approximate surface area is 174 Å². The Kier molecular flexibility index (Phi) is 7.94. The first-order valence-corrected chi connectivity index (χ1v) is 11.6. The van der Waals surface area contributed by atoms with Crippen molar-refractivity contribution in [3.8, 4) is 0 Å². The topological polar surface area (TPSA) is 61.4 Å². The standard InChI is InChI=1S/C21H27N3O2S2/c1-16-6-4-7-17(12-16)23-21(26)15-27-14-20(25)22-13-18(19-8-5-11-28-19)24-9-2-3-10-24/h4-8,11-12,18H,2-3,9-10,13-15H2,1H3,(H,22,25)(H,23,26). The van der Waals surface area contributed by atoms with Gasteiger partial charge >= 0.3 is 0 Å². The van der Waals surface area contributed by atoms with Crippen LogP contribution in [0.4, 0.5) is 5.69 Å². The van der Waals surface area contributed by atoms with Gasteiger partial charge in [-0.15, -0.1) is 23.1 Å². The van der Waals surface area contributed by atoms with Crippen LogP contribution in [0.5, 0.6) is 0 Å². The lowest BCUT2D eigenvalue weighted by atomic mass is 10.2. The molecule has 2 N–H and O–H groups in total. The lowest BCUT2D eigenvalue weighted by molar-refractivity contribution is -0.118. The molecule has 1 saturated heterocycles. The van der Waals surface area contributed by atoms with Crippen LogP contribution in [0.3, 0.4) is 0 Å². The molecule has 1 fully saturated rings. The Hall–Kier alpha value is -1.83. The third-order valence-electron chi connectivity index (χ3n) is 4.71. The summed E-state index contributed by atoms with van der Waals surface area (Å²) < 4.78 is 0. The highest BCUT2D eigenvalue weighted by atomic mass is 32.2. The molecular weight excluding hydrogens is 390 g/mol. The van der Waals surface area contributed by atoms with E-state index in [1.807, 2.05) is 31.2 Å². The van der Waals surface area contributed by atoms with Crippen molar-refractivity contribution >= 4 is 40.6 Å². The van der Waals surface area contributed by atoms with E-state index < -0.39 is 0 Å². The van der Waals surface area contributed by atoms with Crippen LogP contribution >= 0.6 is 23.1 Å². The molecule has 2 heterocycles. The second-order valence-electron chi connectivity index (χ2n) is 6.99. The Morgan fingerprint density at radius 3 is 2.64 bits per heavy atom. The zero-order chi connectivity index (χ0) is 19.8. The average molecular weight is 418 g/mol. The summed E-state index contributed by atoms with van der Waals surface area (Å²) in [7, 11) is 0. The van der Waals surface area contributed by atoms with E-state index in [1.165, 1.54) is 29.5 Å². The molecule has 1 aliphatic rings. The summed E-state index contributed by atoms with van der Waals surface area (Å²) in [4.78, 5) is 28.0. The SMILES string of the molecule is Cc1cccc(NC(=O)CSCC(=O)NCC(c2cccs2)N2CCCC2)c1. The zero-order valence-electron chi connectivity index (χ0n) is 16.1. The quantitative estimate of drug-likeness (QED) is 0.653. The van der Waals surface area contributed by atoms with E-state index in [0.717, 1.165) is 24.3 Å². The Morgan fingerprint density at radius 1 is 1.14 bits per heavy atom. The number of thioether (sulfide) groups is 1. The minimum Gasteiger partial charge on any atom is -0.353 e. The number of thiophene rings is 1. The number of likely N-dealkylation sites (tertiary alicyclic amines) is 1. The van der Waals surface area contributed by atoms with E-state index in [0.29, 0.717) is 12.3 Å². The van der Waals surface area contributed by atoms with Crippen molar-refractivity contribution in [2.75, 3.05) is 36.5 Å². The molecule has 150 valence electrons. The number of carbonyl (C=O) groups is 2. The van der Waals surface area contributed by atoms with Gasteiger partial charge in [-0.1, -0.05) is 18.2 Å². The lowest BCUT2D eigenvalue weighted by Crippen LogP contribution is -2.37. The monoisotopic (exact) mass is 417 g/mol. The van der Waals surface area contributed by atoms with Gasteiger partial charge < -0.3 is 10.6 Å². The number of hydrogen-bond donors (Lipinski definition) is 2. The molecule has 0 saturated carbocycles. The number of anilines is 1. The van der Waals surface area contributed by atoms with Gasteiger partial charge in [-0.3, -0.25) is 14.5 Å². The van der Waals surface area contributed by atoms with Crippen LogP contribution in [0.1, 0.15) is 29.3 Å². The number of carbonyl (C=O) groups excluding carboxylic acids is 2. The first-order chi connectivity index (χ1) is 13.6. The normalized spacial score (nSPS) is 15.3. The third kappa shape index (κ3) is 6.36. The summed E-state index contributed by atoms with van der Waals surface area (Å²) in [5.41, 5.74) is 1.89. The van der Waals surface area contributed by atoms with E-state index in [2.05, 4.69) is 33.0 Å². The second-order valence-corrected chi connectivity index (χ2v) is 8.95. The highest BCUT2D eigenvalue weighted by molar-refractivity contribution is 8.00. The molecular formula is C21H27N3O2S2. The van der Waals surface area contributed by atoms with Gasteiger partial charge in [0.15, 0.2) is 0 Å². The number of amides is 2. The number of nitrogens with zero attached hydrogens (tertiary/aromatic N) is 1. The third-order valence-corrected chi connectivity index (χ3v) is 6.62. The number of nitrogens with one attached hydrogen (secondary N) is 2. The molecule has 1 aromatic carbocycles. The molecule has 1 unspecified atom stereocenters. The molecule has 0 bridgehead atoms. The van der Waals surface area contributed by atoms with E-state index in [4.69, 9.17) is 0 Å². The highest BCUT2D eigenvalue weighted by Crippen LogP contribution is 2.27. The predicted octanol–water partition coefficient (Wildman–Crippen LogP) is 3.68. The first kappa shape index (κ1) is 20.9. The summed E-state index contributed by atoms with van der Waals surface area (Å²) in [6.45, 7) is 4.79. The molecule has 3 rings (SSSR count). The largest absolute Gasteiger partial charge is 0.353 e. The Balaban J connectivity index is 1.39. The summed E-state index contributed by atoms with van der Waals surface area (Å²) in [5, 5.41) is 8.00. The van der Waals surface area contributed by atoms with Gasteiger partial charge in [-0.2, -0.15) is 0 Å². The van der Waals surface area contributed by atoms with Crippen molar-refractivity contribution in [1.82, 2.24) is 10.2 Å². The van der Waals surface area contributed by atoms with Crippen LogP contribution in [0.2, 0.25) is 0 Å². The van der Waals surface area contributed by atoms with E-state index in [9.17, 15) is 9.59 Å². The number of benzene rings is 1. The molecule has 1 aromatic heterocycles. The maximum atomic E-state index is 12.2. The van der Waals surface area contributed by atoms with Crippen molar-refractivity contribution in [3.05, 3.63) is 52.2 Å². The minimum atomic E-state index is -0.0862. The van der Waals surface area contributed by atoms with Crippen molar-refractivity contribution in [2.24, 2.45) is 0 Å². The molecule has 7 heteroatoms. The van der Waals surface area contributed by atoms with Gasteiger partial charge in [0.05, 0.1) is 17.5 Å². The molecule has 2 aromatic rings. The van der Waals surface area contributed by atoms with Crippen LogP contribution in [0.25, 0.3) is 0 Å². The van der Waals surface area contributed by atoms with Crippen LogP contribution in [-0.4, -0.2) is 47.9 Å². The fourth-order valence-corrected chi connectivity index (χ4v) is 4.87. The van der Waals surface area contributed by atoms with Gasteiger partial charge in [-0.05, 0) is 62.0 Å². The maximum absolute atomic E-state index is 12.2. The lowest BCUT2D eigenvalue weighted by Gasteiger charge is -2.26. The van der Waals surface area contributed by atoms with Gasteiger partial charge in [0.25, 0.3) is 0 Å². The summed E-state index contributed by atoms with van der Waals surface area (Å²) >= 11 is 3.08. The van der Waals surface area contributed by atoms with Crippen molar-refractivity contribution in [1.29, 1.82) is 0 Å². The van der Waals surface area contributed by atoms with Gasteiger partial charge in [0.2, 0.25) is 11.8 Å². The first-order valence-electron chi connectivity index (χ1n) is 9.60. The zero-order valence-corrected chi connectivity index (χ0v) is 17.8. The second kappa shape index (κ2) is 10.6. The average Bonchev–Trinajstić information content (AvgIpc) is 3.36. The molecule has 28 heavy (non-hydrogen) atoms. The van der Waals surface area contributed by atoms with E-state index >= 15 is 0 Å². The number of aryl methyl sites for hydroxylation is 1. The van der Waals surface area contributed by atoms with Crippen molar-refractivity contribution in [2.45, 2.75) is 25.8 Å². The van der Waals surface area contributed by atoms with Crippen molar-refractivity contribution in [3.63, 3.8) is 0 Å². The summed E-state index contributed by atoms with van der Waals surface area (Å²) in [6.07, 6.45) is 2.45. The predicted molar refractivity (Wildman–Crippen MR) is 118 cm³/mol. The van der Waals surface area contributed by atoms with Gasteiger partial charge in [-0.25, -0.2) is 0 Å². The minimum absolute atomic E-state index is 0.0193. The van der Waals surface area contributed by atoms with Crippen LogP contribution in [-0.2, 0) is 9.59 Å². The molecule has 1 atom stereocenters. The smallest absolute Gasteiger partial charge is 0.234 e. The van der Waals surface area contributed by atoms with E-state index in [-0.39, 0.29) is 23.6 Å². The van der Waals surface area contributed by atoms with Crippen molar-refractivity contribution < 1.29 is 9.59 Å². The molecule has 0 radical (unpaired) electrons. The molecule has 2 amide bonds. The summed E-state index contributed by atoms with van der Waals surface area (Å²) in [5.74, 6) is 0.450. The molecule has 0 spiro atoms. The maximum Gasteiger partial charge on any atom is 0.234 e. The van der Waals surface area contributed by atoms with E-state index in [1.54, 1.807) is 11.3 Å². The Morgan fingerprint density at radius 2 is 1.93 bits per heavy atom.